The van der Waals surface area contributed by atoms with Crippen LogP contribution in [0.4, 0.5) is 14.5 Å². The summed E-state index contributed by atoms with van der Waals surface area (Å²) in [5.41, 5.74) is 0.844. The van der Waals surface area contributed by atoms with E-state index in [0.717, 1.165) is 0 Å². The maximum Gasteiger partial charge on any atom is 0.183 e. The largest absolute Gasteiger partial charge is 0.392 e. The number of benzene rings is 1. The van der Waals surface area contributed by atoms with Gasteiger partial charge in [0.05, 0.1) is 21.9 Å². The fourth-order valence-corrected chi connectivity index (χ4v) is 2.78. The first-order valence-corrected chi connectivity index (χ1v) is 6.77. The van der Waals surface area contributed by atoms with Crippen LogP contribution in [-0.4, -0.2) is 24.4 Å². The summed E-state index contributed by atoms with van der Waals surface area (Å²) < 4.78 is 27.7. The predicted octanol–water partition coefficient (Wildman–Crippen LogP) is 2.71. The topological polar surface area (TPSA) is 35.5 Å². The average molecular weight is 354 g/mol. The maximum atomic E-state index is 14.0. The number of nitrogens with zero attached hydrogens (tertiary/aromatic N) is 1. The fraction of sp³-hybridized carbons (Fsp3) is 0.333. The van der Waals surface area contributed by atoms with Crippen LogP contribution in [0.3, 0.4) is 0 Å². The van der Waals surface area contributed by atoms with Crippen molar-refractivity contribution in [3.05, 3.63) is 39.5 Å². The van der Waals surface area contributed by atoms with Gasteiger partial charge in [0, 0.05) is 6.54 Å². The normalized spacial score (nSPS) is 15.3. The molecule has 0 saturated heterocycles. The standard InChI is InChI=1S/C12H12BrClF2N2O/c1-6(14)17-9(5-19)18-3-2-7-4-8(13)10(15)11(16)12(7)18/h4,9,17,19H,1-3,5H2. The third kappa shape index (κ3) is 2.70. The minimum absolute atomic E-state index is 0.0980. The van der Waals surface area contributed by atoms with Gasteiger partial charge < -0.3 is 15.3 Å². The van der Waals surface area contributed by atoms with E-state index >= 15 is 0 Å². The summed E-state index contributed by atoms with van der Waals surface area (Å²) in [5, 5.41) is 12.2. The highest BCUT2D eigenvalue weighted by Gasteiger charge is 2.31. The van der Waals surface area contributed by atoms with Crippen LogP contribution in [0.1, 0.15) is 5.56 Å². The highest BCUT2D eigenvalue weighted by molar-refractivity contribution is 9.10. The molecule has 0 spiro atoms. The molecule has 7 heteroatoms. The number of hydrogen-bond acceptors (Lipinski definition) is 3. The van der Waals surface area contributed by atoms with E-state index in [9.17, 15) is 13.9 Å². The lowest BCUT2D eigenvalue weighted by Gasteiger charge is -2.30. The molecule has 1 aliphatic heterocycles. The molecule has 3 nitrogen and oxygen atoms in total. The molecule has 104 valence electrons. The fourth-order valence-electron chi connectivity index (χ4n) is 2.20. The van der Waals surface area contributed by atoms with E-state index < -0.39 is 17.8 Å². The molecule has 1 unspecified atom stereocenters. The van der Waals surface area contributed by atoms with E-state index in [0.29, 0.717) is 18.5 Å². The van der Waals surface area contributed by atoms with Crippen LogP contribution in [0, 0.1) is 11.6 Å². The summed E-state index contributed by atoms with van der Waals surface area (Å²) >= 11 is 8.61. The molecule has 0 bridgehead atoms. The molecule has 1 aromatic rings. The van der Waals surface area contributed by atoms with Crippen LogP contribution in [0.25, 0.3) is 0 Å². The molecular weight excluding hydrogens is 341 g/mol. The van der Waals surface area contributed by atoms with Gasteiger partial charge in [-0.25, -0.2) is 8.78 Å². The first-order chi connectivity index (χ1) is 8.95. The highest BCUT2D eigenvalue weighted by atomic mass is 79.9. The van der Waals surface area contributed by atoms with Gasteiger partial charge in [-0.15, -0.1) is 0 Å². The number of aliphatic hydroxyl groups is 1. The number of anilines is 1. The molecule has 0 radical (unpaired) electrons. The summed E-state index contributed by atoms with van der Waals surface area (Å²) in [5.74, 6) is -1.87. The lowest BCUT2D eigenvalue weighted by molar-refractivity contribution is 0.247. The van der Waals surface area contributed by atoms with Crippen molar-refractivity contribution in [2.45, 2.75) is 12.6 Å². The van der Waals surface area contributed by atoms with Gasteiger partial charge in [0.25, 0.3) is 0 Å². The molecule has 0 aliphatic carbocycles. The van der Waals surface area contributed by atoms with Gasteiger partial charge in [0.15, 0.2) is 11.6 Å². The van der Waals surface area contributed by atoms with E-state index in [-0.39, 0.29) is 21.9 Å². The predicted molar refractivity (Wildman–Crippen MR) is 74.1 cm³/mol. The maximum absolute atomic E-state index is 14.0. The first kappa shape index (κ1) is 14.6. The van der Waals surface area contributed by atoms with Crippen molar-refractivity contribution in [1.29, 1.82) is 0 Å². The Hall–Kier alpha value is -0.850. The molecule has 1 heterocycles. The van der Waals surface area contributed by atoms with Crippen molar-refractivity contribution in [2.24, 2.45) is 0 Å². The molecule has 0 aromatic heterocycles. The van der Waals surface area contributed by atoms with Crippen molar-refractivity contribution in [1.82, 2.24) is 5.32 Å². The third-order valence-electron chi connectivity index (χ3n) is 3.00. The van der Waals surface area contributed by atoms with Crippen LogP contribution in [-0.2, 0) is 6.42 Å². The number of hydrogen-bond donors (Lipinski definition) is 2. The monoisotopic (exact) mass is 352 g/mol. The molecule has 1 atom stereocenters. The van der Waals surface area contributed by atoms with Crippen LogP contribution in [0.15, 0.2) is 22.3 Å². The minimum Gasteiger partial charge on any atom is -0.392 e. The Morgan fingerprint density at radius 3 is 2.84 bits per heavy atom. The molecule has 19 heavy (non-hydrogen) atoms. The molecule has 2 rings (SSSR count). The Labute approximate surface area is 123 Å². The zero-order chi connectivity index (χ0) is 14.2. The molecule has 0 saturated carbocycles. The summed E-state index contributed by atoms with van der Waals surface area (Å²) in [4.78, 5) is 1.55. The van der Waals surface area contributed by atoms with E-state index in [4.69, 9.17) is 11.6 Å². The smallest absolute Gasteiger partial charge is 0.183 e. The number of halogens is 4. The van der Waals surface area contributed by atoms with Crippen LogP contribution in [0.2, 0.25) is 0 Å². The van der Waals surface area contributed by atoms with Gasteiger partial charge in [0.1, 0.15) is 6.17 Å². The molecule has 0 amide bonds. The Balaban J connectivity index is 2.40. The quantitative estimate of drug-likeness (QED) is 0.645. The van der Waals surface area contributed by atoms with Crippen molar-refractivity contribution >= 4 is 33.2 Å². The summed E-state index contributed by atoms with van der Waals surface area (Å²) in [6.45, 7) is 3.63. The second-order valence-corrected chi connectivity index (χ2v) is 5.50. The Bertz CT molecular complexity index is 527. The number of fused-ring (bicyclic) bond motifs is 1. The Morgan fingerprint density at radius 2 is 2.26 bits per heavy atom. The van der Waals surface area contributed by atoms with Gasteiger partial charge in [0.2, 0.25) is 0 Å². The van der Waals surface area contributed by atoms with E-state index in [1.165, 1.54) is 0 Å². The summed E-state index contributed by atoms with van der Waals surface area (Å²) in [7, 11) is 0. The summed E-state index contributed by atoms with van der Waals surface area (Å²) in [6.07, 6.45) is -0.0701. The van der Waals surface area contributed by atoms with Crippen molar-refractivity contribution in [3.8, 4) is 0 Å². The van der Waals surface area contributed by atoms with E-state index in [1.54, 1.807) is 11.0 Å². The lowest BCUT2D eigenvalue weighted by atomic mass is 10.1. The second-order valence-electron chi connectivity index (χ2n) is 4.19. The Morgan fingerprint density at radius 1 is 1.58 bits per heavy atom. The van der Waals surface area contributed by atoms with Gasteiger partial charge in [-0.05, 0) is 34.0 Å². The van der Waals surface area contributed by atoms with E-state index in [2.05, 4.69) is 27.8 Å². The van der Waals surface area contributed by atoms with E-state index in [1.807, 2.05) is 0 Å². The van der Waals surface area contributed by atoms with Crippen molar-refractivity contribution < 1.29 is 13.9 Å². The first-order valence-electron chi connectivity index (χ1n) is 5.60. The highest BCUT2D eigenvalue weighted by Crippen LogP contribution is 2.36. The molecule has 0 fully saturated rings. The second kappa shape index (κ2) is 5.64. The van der Waals surface area contributed by atoms with Gasteiger partial charge in [-0.1, -0.05) is 18.2 Å². The van der Waals surface area contributed by atoms with Crippen LogP contribution in [0.5, 0.6) is 0 Å². The number of rotatable bonds is 4. The third-order valence-corrected chi connectivity index (χ3v) is 3.68. The Kier molecular flexibility index (Phi) is 4.32. The average Bonchev–Trinajstić information content (AvgIpc) is 2.76. The zero-order valence-electron chi connectivity index (χ0n) is 9.89. The van der Waals surface area contributed by atoms with Crippen molar-refractivity contribution in [3.63, 3.8) is 0 Å². The minimum atomic E-state index is -0.938. The van der Waals surface area contributed by atoms with Gasteiger partial charge in [-0.2, -0.15) is 0 Å². The number of nitrogens with one attached hydrogen (secondary N) is 1. The van der Waals surface area contributed by atoms with Crippen molar-refractivity contribution in [2.75, 3.05) is 18.1 Å². The molecule has 1 aromatic carbocycles. The molecule has 1 aliphatic rings. The van der Waals surface area contributed by atoms with Crippen LogP contribution < -0.4 is 10.2 Å². The molecule has 2 N–H and O–H groups in total. The zero-order valence-corrected chi connectivity index (χ0v) is 12.2. The molecular formula is C12H12BrClF2N2O. The number of aliphatic hydroxyl groups excluding tert-OH is 1. The van der Waals surface area contributed by atoms with Gasteiger partial charge in [-0.3, -0.25) is 0 Å². The summed E-state index contributed by atoms with van der Waals surface area (Å²) in [6, 6.07) is 1.55. The lowest BCUT2D eigenvalue weighted by Crippen LogP contribution is -2.46. The van der Waals surface area contributed by atoms with Gasteiger partial charge >= 0.3 is 0 Å². The SMILES string of the molecule is C=C(Cl)NC(CO)N1CCc2cc(Br)c(F)c(F)c21. The van der Waals surface area contributed by atoms with Crippen LogP contribution >= 0.6 is 27.5 Å².